The van der Waals surface area contributed by atoms with Gasteiger partial charge in [0.1, 0.15) is 0 Å². The summed E-state index contributed by atoms with van der Waals surface area (Å²) in [5.41, 5.74) is 0. The van der Waals surface area contributed by atoms with E-state index >= 15 is 0 Å². The Labute approximate surface area is 114 Å². The molecule has 1 saturated heterocycles. The minimum atomic E-state index is -0.753. The van der Waals surface area contributed by atoms with Gasteiger partial charge in [0.2, 0.25) is 5.91 Å². The SMILES string of the molecule is CC1CN(C(=O)C2CCC(C(=O)O)C2)CC1N(C)C. The lowest BCUT2D eigenvalue weighted by Crippen LogP contribution is -2.37. The number of aliphatic carboxylic acids is 1. The van der Waals surface area contributed by atoms with E-state index in [2.05, 4.69) is 11.8 Å². The molecule has 1 aliphatic heterocycles. The van der Waals surface area contributed by atoms with Crippen LogP contribution in [0.4, 0.5) is 0 Å². The minimum absolute atomic E-state index is 0.0748. The van der Waals surface area contributed by atoms with E-state index in [1.807, 2.05) is 19.0 Å². The Bertz CT molecular complexity index is 370. The van der Waals surface area contributed by atoms with Crippen LogP contribution in [0, 0.1) is 17.8 Å². The first kappa shape index (κ1) is 14.3. The second kappa shape index (κ2) is 5.49. The number of hydrogen-bond donors (Lipinski definition) is 1. The fraction of sp³-hybridized carbons (Fsp3) is 0.857. The Morgan fingerprint density at radius 1 is 1.16 bits per heavy atom. The molecule has 1 heterocycles. The average Bonchev–Trinajstić information content (AvgIpc) is 2.94. The van der Waals surface area contributed by atoms with Gasteiger partial charge in [-0.25, -0.2) is 0 Å². The van der Waals surface area contributed by atoms with Crippen LogP contribution < -0.4 is 0 Å². The van der Waals surface area contributed by atoms with E-state index in [4.69, 9.17) is 5.11 Å². The first-order valence-electron chi connectivity index (χ1n) is 7.08. The van der Waals surface area contributed by atoms with Crippen molar-refractivity contribution in [3.63, 3.8) is 0 Å². The third kappa shape index (κ3) is 2.91. The molecule has 0 radical (unpaired) electrons. The van der Waals surface area contributed by atoms with Gasteiger partial charge in [0.15, 0.2) is 0 Å². The molecule has 2 aliphatic rings. The number of amides is 1. The lowest BCUT2D eigenvalue weighted by molar-refractivity contribution is -0.141. The van der Waals surface area contributed by atoms with Crippen LogP contribution >= 0.6 is 0 Å². The second-order valence-corrected chi connectivity index (χ2v) is 6.30. The van der Waals surface area contributed by atoms with E-state index < -0.39 is 5.97 Å². The summed E-state index contributed by atoms with van der Waals surface area (Å²) in [5.74, 6) is -0.500. The summed E-state index contributed by atoms with van der Waals surface area (Å²) in [6, 6.07) is 0.417. The van der Waals surface area contributed by atoms with E-state index in [1.165, 1.54) is 0 Å². The summed E-state index contributed by atoms with van der Waals surface area (Å²) in [5, 5.41) is 9.00. The van der Waals surface area contributed by atoms with Gasteiger partial charge in [0.25, 0.3) is 0 Å². The maximum Gasteiger partial charge on any atom is 0.306 e. The molecule has 0 aromatic heterocycles. The van der Waals surface area contributed by atoms with Crippen molar-refractivity contribution in [1.82, 2.24) is 9.80 Å². The van der Waals surface area contributed by atoms with Crippen LogP contribution in [-0.2, 0) is 9.59 Å². The molecule has 0 aromatic rings. The molecule has 2 rings (SSSR count). The number of nitrogens with zero attached hydrogens (tertiary/aromatic N) is 2. The van der Waals surface area contributed by atoms with Crippen molar-refractivity contribution in [1.29, 1.82) is 0 Å². The van der Waals surface area contributed by atoms with Crippen LogP contribution in [0.1, 0.15) is 26.2 Å². The van der Waals surface area contributed by atoms with Gasteiger partial charge in [0, 0.05) is 25.0 Å². The third-order valence-corrected chi connectivity index (χ3v) is 4.68. The highest BCUT2D eigenvalue weighted by molar-refractivity contribution is 5.81. The Hall–Kier alpha value is -1.10. The number of likely N-dealkylation sites (tertiary alicyclic amines) is 1. The molecule has 0 bridgehead atoms. The van der Waals surface area contributed by atoms with Crippen LogP contribution in [0.5, 0.6) is 0 Å². The first-order valence-corrected chi connectivity index (χ1v) is 7.08. The molecule has 1 saturated carbocycles. The monoisotopic (exact) mass is 268 g/mol. The fourth-order valence-corrected chi connectivity index (χ4v) is 3.49. The lowest BCUT2D eigenvalue weighted by atomic mass is 10.0. The molecular formula is C14H24N2O3. The van der Waals surface area contributed by atoms with Gasteiger partial charge >= 0.3 is 5.97 Å². The Kier molecular flexibility index (Phi) is 4.13. The van der Waals surface area contributed by atoms with Crippen molar-refractivity contribution >= 4 is 11.9 Å². The number of carbonyl (C=O) groups excluding carboxylic acids is 1. The van der Waals surface area contributed by atoms with Crippen molar-refractivity contribution < 1.29 is 14.7 Å². The summed E-state index contributed by atoms with van der Waals surface area (Å²) < 4.78 is 0. The number of hydrogen-bond acceptors (Lipinski definition) is 3. The van der Waals surface area contributed by atoms with Crippen LogP contribution in [0.25, 0.3) is 0 Å². The summed E-state index contributed by atoms with van der Waals surface area (Å²) >= 11 is 0. The molecule has 1 N–H and O–H groups in total. The van der Waals surface area contributed by atoms with Crippen LogP contribution in [0.3, 0.4) is 0 Å². The van der Waals surface area contributed by atoms with E-state index in [0.29, 0.717) is 24.8 Å². The number of carbonyl (C=O) groups is 2. The van der Waals surface area contributed by atoms with Crippen LogP contribution in [0.15, 0.2) is 0 Å². The number of rotatable bonds is 3. The summed E-state index contributed by atoms with van der Waals surface area (Å²) in [6.45, 7) is 3.75. The molecule has 5 nitrogen and oxygen atoms in total. The average molecular weight is 268 g/mol. The van der Waals surface area contributed by atoms with Gasteiger partial charge < -0.3 is 14.9 Å². The standard InChI is InChI=1S/C14H24N2O3/c1-9-7-16(8-12(9)15(2)3)13(17)10-4-5-11(6-10)14(18)19/h9-12H,4-8H2,1-3H3,(H,18,19). The summed E-state index contributed by atoms with van der Waals surface area (Å²) in [6.07, 6.45) is 1.89. The first-order chi connectivity index (χ1) is 8.90. The molecule has 108 valence electrons. The maximum absolute atomic E-state index is 12.4. The summed E-state index contributed by atoms with van der Waals surface area (Å²) in [4.78, 5) is 27.5. The molecule has 1 aliphatic carbocycles. The van der Waals surface area contributed by atoms with Gasteiger partial charge in [-0.3, -0.25) is 9.59 Å². The lowest BCUT2D eigenvalue weighted by Gasteiger charge is -2.23. The third-order valence-electron chi connectivity index (χ3n) is 4.68. The van der Waals surface area contributed by atoms with E-state index in [9.17, 15) is 9.59 Å². The maximum atomic E-state index is 12.4. The molecule has 2 fully saturated rings. The molecule has 0 spiro atoms. The molecule has 4 unspecified atom stereocenters. The van der Waals surface area contributed by atoms with Gasteiger partial charge in [-0.2, -0.15) is 0 Å². The molecule has 0 aromatic carbocycles. The second-order valence-electron chi connectivity index (χ2n) is 6.30. The number of carboxylic acids is 1. The molecule has 1 amide bonds. The fourth-order valence-electron chi connectivity index (χ4n) is 3.49. The molecule has 5 heteroatoms. The predicted molar refractivity (Wildman–Crippen MR) is 71.7 cm³/mol. The van der Waals surface area contributed by atoms with Crippen LogP contribution in [-0.4, -0.2) is 60.0 Å². The zero-order chi connectivity index (χ0) is 14.2. The van der Waals surface area contributed by atoms with Gasteiger partial charge in [-0.05, 0) is 39.3 Å². The largest absolute Gasteiger partial charge is 0.481 e. The van der Waals surface area contributed by atoms with Gasteiger partial charge in [0.05, 0.1) is 5.92 Å². The van der Waals surface area contributed by atoms with E-state index in [-0.39, 0.29) is 17.7 Å². The zero-order valence-electron chi connectivity index (χ0n) is 12.0. The van der Waals surface area contributed by atoms with Crippen molar-refractivity contribution in [3.8, 4) is 0 Å². The highest BCUT2D eigenvalue weighted by Gasteiger charge is 2.40. The van der Waals surface area contributed by atoms with Crippen molar-refractivity contribution in [2.24, 2.45) is 17.8 Å². The molecular weight excluding hydrogens is 244 g/mol. The Morgan fingerprint density at radius 3 is 2.26 bits per heavy atom. The topological polar surface area (TPSA) is 60.9 Å². The van der Waals surface area contributed by atoms with E-state index in [1.54, 1.807) is 0 Å². The smallest absolute Gasteiger partial charge is 0.306 e. The minimum Gasteiger partial charge on any atom is -0.481 e. The van der Waals surface area contributed by atoms with Crippen molar-refractivity contribution in [3.05, 3.63) is 0 Å². The van der Waals surface area contributed by atoms with Gasteiger partial charge in [-0.15, -0.1) is 0 Å². The van der Waals surface area contributed by atoms with Crippen molar-refractivity contribution in [2.45, 2.75) is 32.2 Å². The van der Waals surface area contributed by atoms with Gasteiger partial charge in [-0.1, -0.05) is 6.92 Å². The summed E-state index contributed by atoms with van der Waals surface area (Å²) in [7, 11) is 4.09. The molecule has 4 atom stereocenters. The quantitative estimate of drug-likeness (QED) is 0.826. The normalized spacial score (nSPS) is 35.1. The highest BCUT2D eigenvalue weighted by Crippen LogP contribution is 2.33. The predicted octanol–water partition coefficient (Wildman–Crippen LogP) is 0.896. The Morgan fingerprint density at radius 2 is 1.79 bits per heavy atom. The molecule has 19 heavy (non-hydrogen) atoms. The zero-order valence-corrected chi connectivity index (χ0v) is 12.0. The number of carboxylic acid groups (broad SMARTS) is 1. The van der Waals surface area contributed by atoms with E-state index in [0.717, 1.165) is 19.5 Å². The number of likely N-dealkylation sites (N-methyl/N-ethyl adjacent to an activating group) is 1. The Balaban J connectivity index is 1.93. The van der Waals surface area contributed by atoms with Crippen LogP contribution in [0.2, 0.25) is 0 Å². The van der Waals surface area contributed by atoms with Crippen molar-refractivity contribution in [2.75, 3.05) is 27.2 Å². The highest BCUT2D eigenvalue weighted by atomic mass is 16.4.